The van der Waals surface area contributed by atoms with Crippen molar-refractivity contribution in [1.29, 1.82) is 0 Å². The van der Waals surface area contributed by atoms with Crippen molar-refractivity contribution in [2.45, 2.75) is 31.5 Å². The van der Waals surface area contributed by atoms with Crippen molar-refractivity contribution in [3.63, 3.8) is 0 Å². The first kappa shape index (κ1) is 21.6. The summed E-state index contributed by atoms with van der Waals surface area (Å²) < 4.78 is 32.5. The van der Waals surface area contributed by atoms with E-state index in [1.165, 1.54) is 11.1 Å². The molecule has 31 heavy (non-hydrogen) atoms. The summed E-state index contributed by atoms with van der Waals surface area (Å²) in [5.74, 6) is 1.56. The van der Waals surface area contributed by atoms with Crippen LogP contribution in [0.4, 0.5) is 0 Å². The number of benzene rings is 2. The van der Waals surface area contributed by atoms with E-state index >= 15 is 0 Å². The predicted octanol–water partition coefficient (Wildman–Crippen LogP) is 4.17. The molecule has 0 spiro atoms. The van der Waals surface area contributed by atoms with Gasteiger partial charge in [-0.05, 0) is 35.4 Å². The Kier molecular flexibility index (Phi) is 6.48. The summed E-state index contributed by atoms with van der Waals surface area (Å²) in [5.41, 5.74) is 2.18. The highest BCUT2D eigenvalue weighted by Gasteiger charge is 2.25. The van der Waals surface area contributed by atoms with E-state index in [2.05, 4.69) is 38.1 Å². The van der Waals surface area contributed by atoms with Crippen LogP contribution in [0.2, 0.25) is 0 Å². The van der Waals surface area contributed by atoms with E-state index in [0.717, 1.165) is 11.5 Å². The smallest absolute Gasteiger partial charge is 0.352 e. The monoisotopic (exact) mass is 460 g/mol. The number of hydrogen-bond acceptors (Lipinski definition) is 8. The maximum atomic E-state index is 5.79. The van der Waals surface area contributed by atoms with Gasteiger partial charge in [0.1, 0.15) is 37.9 Å². The molecule has 2 unspecified atom stereocenters. The number of thiocarbonyl (C=S) groups is 2. The highest BCUT2D eigenvalue weighted by molar-refractivity contribution is 7.79. The van der Waals surface area contributed by atoms with Crippen molar-refractivity contribution in [2.24, 2.45) is 0 Å². The lowest BCUT2D eigenvalue weighted by Crippen LogP contribution is -2.21. The second-order valence-electron chi connectivity index (χ2n) is 7.90. The minimum Gasteiger partial charge on any atom is -0.490 e. The molecule has 2 fully saturated rings. The highest BCUT2D eigenvalue weighted by Crippen LogP contribution is 2.33. The van der Waals surface area contributed by atoms with Gasteiger partial charge in [0.05, 0.1) is 0 Å². The Bertz CT molecular complexity index is 851. The van der Waals surface area contributed by atoms with Gasteiger partial charge < -0.3 is 28.4 Å². The second kappa shape index (κ2) is 9.28. The van der Waals surface area contributed by atoms with Gasteiger partial charge in [0.2, 0.25) is 0 Å². The number of hydrogen-bond donors (Lipinski definition) is 0. The molecule has 0 radical (unpaired) electrons. The van der Waals surface area contributed by atoms with E-state index in [0.29, 0.717) is 26.4 Å². The zero-order chi connectivity index (χ0) is 21.8. The van der Waals surface area contributed by atoms with Crippen molar-refractivity contribution in [3.05, 3.63) is 59.7 Å². The number of rotatable bonds is 8. The minimum absolute atomic E-state index is 0.159. The molecule has 2 aliphatic heterocycles. The third kappa shape index (κ3) is 5.37. The molecule has 6 nitrogen and oxygen atoms in total. The van der Waals surface area contributed by atoms with Crippen molar-refractivity contribution < 1.29 is 28.4 Å². The molecule has 0 N–H and O–H groups in total. The molecule has 2 aromatic rings. The Morgan fingerprint density at radius 3 is 1.45 bits per heavy atom. The normalized spacial score (nSPS) is 20.5. The summed E-state index contributed by atoms with van der Waals surface area (Å²) in [6.45, 7) is 6.03. The molecular weight excluding hydrogens is 436 g/mol. The molecule has 0 aromatic heterocycles. The van der Waals surface area contributed by atoms with Crippen LogP contribution >= 0.6 is 24.4 Å². The van der Waals surface area contributed by atoms with Crippen molar-refractivity contribution >= 4 is 34.9 Å². The maximum absolute atomic E-state index is 5.79. The van der Waals surface area contributed by atoms with Crippen LogP contribution < -0.4 is 9.47 Å². The molecular formula is C23H24O6S2. The number of ether oxygens (including phenoxy) is 6. The summed E-state index contributed by atoms with van der Waals surface area (Å²) in [7, 11) is 0. The van der Waals surface area contributed by atoms with Crippen LogP contribution in [0.15, 0.2) is 48.5 Å². The Balaban J connectivity index is 1.33. The Morgan fingerprint density at radius 2 is 1.13 bits per heavy atom. The Labute approximate surface area is 192 Å². The van der Waals surface area contributed by atoms with Crippen LogP contribution in [0.5, 0.6) is 11.5 Å². The van der Waals surface area contributed by atoms with Gasteiger partial charge in [0.15, 0.2) is 12.2 Å². The quantitative estimate of drug-likeness (QED) is 0.544. The van der Waals surface area contributed by atoms with Crippen LogP contribution in [0.25, 0.3) is 0 Å². The molecule has 2 aliphatic rings. The summed E-state index contributed by atoms with van der Waals surface area (Å²) in [4.78, 5) is 0. The molecule has 4 rings (SSSR count). The van der Waals surface area contributed by atoms with Gasteiger partial charge in [-0.2, -0.15) is 0 Å². The van der Waals surface area contributed by atoms with Gasteiger partial charge in [-0.3, -0.25) is 0 Å². The van der Waals surface area contributed by atoms with E-state index in [1.807, 2.05) is 24.3 Å². The van der Waals surface area contributed by atoms with E-state index in [1.54, 1.807) is 0 Å². The lowest BCUT2D eigenvalue weighted by molar-refractivity contribution is 0.145. The topological polar surface area (TPSA) is 55.4 Å². The predicted molar refractivity (Wildman–Crippen MR) is 123 cm³/mol. The molecule has 2 atom stereocenters. The fourth-order valence-electron chi connectivity index (χ4n) is 3.38. The van der Waals surface area contributed by atoms with Crippen LogP contribution in [-0.4, -0.2) is 49.1 Å². The molecule has 8 heteroatoms. The fourth-order valence-corrected chi connectivity index (χ4v) is 3.78. The van der Waals surface area contributed by atoms with E-state index < -0.39 is 0 Å². The third-order valence-electron chi connectivity index (χ3n) is 5.32. The van der Waals surface area contributed by atoms with Gasteiger partial charge in [0.25, 0.3) is 0 Å². The average molecular weight is 461 g/mol. The molecule has 2 heterocycles. The summed E-state index contributed by atoms with van der Waals surface area (Å²) in [6, 6.07) is 16.2. The molecule has 0 saturated carbocycles. The lowest BCUT2D eigenvalue weighted by Gasteiger charge is -2.26. The average Bonchev–Trinajstić information content (AvgIpc) is 3.39. The first-order valence-corrected chi connectivity index (χ1v) is 10.9. The van der Waals surface area contributed by atoms with Crippen molar-refractivity contribution in [1.82, 2.24) is 0 Å². The standard InChI is InChI=1S/C23H24O6S2/c1-23(2,15-3-7-17(8-4-15)24-11-19-13-26-21(30)28-19)16-5-9-18(10-6-16)25-12-20-14-27-22(31)29-20/h3-10,19-20H,11-14H2,1-2H3. The van der Waals surface area contributed by atoms with E-state index in [9.17, 15) is 0 Å². The zero-order valence-electron chi connectivity index (χ0n) is 17.4. The minimum atomic E-state index is -0.180. The van der Waals surface area contributed by atoms with Crippen LogP contribution in [0.3, 0.4) is 0 Å². The van der Waals surface area contributed by atoms with Gasteiger partial charge >= 0.3 is 10.5 Å². The van der Waals surface area contributed by atoms with Gasteiger partial charge in [-0.25, -0.2) is 0 Å². The summed E-state index contributed by atoms with van der Waals surface area (Å²) in [6.07, 6.45) is -0.317. The first-order chi connectivity index (χ1) is 14.9. The molecule has 2 aromatic carbocycles. The molecule has 164 valence electrons. The molecule has 0 amide bonds. The highest BCUT2D eigenvalue weighted by atomic mass is 32.1. The van der Waals surface area contributed by atoms with Crippen LogP contribution in [0.1, 0.15) is 25.0 Å². The van der Waals surface area contributed by atoms with Crippen molar-refractivity contribution in [3.8, 4) is 11.5 Å². The van der Waals surface area contributed by atoms with Gasteiger partial charge in [-0.15, -0.1) is 0 Å². The van der Waals surface area contributed by atoms with Crippen molar-refractivity contribution in [2.75, 3.05) is 26.4 Å². The van der Waals surface area contributed by atoms with Gasteiger partial charge in [0, 0.05) is 29.9 Å². The fraction of sp³-hybridized carbons (Fsp3) is 0.391. The van der Waals surface area contributed by atoms with Crippen LogP contribution in [0, 0.1) is 0 Å². The third-order valence-corrected chi connectivity index (χ3v) is 5.75. The Morgan fingerprint density at radius 1 is 0.742 bits per heavy atom. The molecule has 0 aliphatic carbocycles. The second-order valence-corrected chi connectivity index (χ2v) is 8.56. The SMILES string of the molecule is CC(C)(c1ccc(OCC2COC(=S)O2)cc1)c1ccc(OCC2COC(=S)O2)cc1. The van der Waals surface area contributed by atoms with Gasteiger partial charge in [-0.1, -0.05) is 38.1 Å². The summed E-state index contributed by atoms with van der Waals surface area (Å²) >= 11 is 9.72. The molecule has 0 bridgehead atoms. The lowest BCUT2D eigenvalue weighted by atomic mass is 9.78. The molecule has 2 saturated heterocycles. The Hall–Kier alpha value is -2.58. The summed E-state index contributed by atoms with van der Waals surface area (Å²) in [5, 5.41) is 0.374. The van der Waals surface area contributed by atoms with Crippen LogP contribution in [-0.2, 0) is 24.4 Å². The maximum Gasteiger partial charge on any atom is 0.352 e. The largest absolute Gasteiger partial charge is 0.490 e. The zero-order valence-corrected chi connectivity index (χ0v) is 19.0. The first-order valence-electron chi connectivity index (χ1n) is 10.0. The van der Waals surface area contributed by atoms with E-state index in [-0.39, 0.29) is 28.1 Å². The van der Waals surface area contributed by atoms with E-state index in [4.69, 9.17) is 52.9 Å².